The maximum atomic E-state index is 11.4. The minimum Gasteiger partial charge on any atom is -0.546 e. The van der Waals surface area contributed by atoms with Gasteiger partial charge in [-0.3, -0.25) is 0 Å². The molecule has 0 saturated carbocycles. The van der Waals surface area contributed by atoms with E-state index in [-0.39, 0.29) is 5.92 Å². The summed E-state index contributed by atoms with van der Waals surface area (Å²) in [6, 6.07) is 5.95. The van der Waals surface area contributed by atoms with Crippen LogP contribution in [-0.2, 0) is 4.79 Å². The Morgan fingerprint density at radius 2 is 1.91 bits per heavy atom. The lowest BCUT2D eigenvalue weighted by Gasteiger charge is -2.24. The first kappa shape index (κ1) is 19.5. The predicted octanol–water partition coefficient (Wildman–Crippen LogP) is 2.74. The first-order chi connectivity index (χ1) is 10.9. The number of aryl methyl sites for hydroxylation is 1. The molecule has 4 nitrogen and oxygen atoms in total. The second kappa shape index (κ2) is 9.56. The van der Waals surface area contributed by atoms with E-state index in [1.54, 1.807) is 0 Å². The second-order valence-electron chi connectivity index (χ2n) is 6.29. The van der Waals surface area contributed by atoms with Crippen LogP contribution < -0.4 is 9.84 Å². The highest BCUT2D eigenvalue weighted by Gasteiger charge is 2.16. The van der Waals surface area contributed by atoms with E-state index in [4.69, 9.17) is 4.74 Å². The number of benzene rings is 1. The van der Waals surface area contributed by atoms with E-state index >= 15 is 0 Å². The number of nitrogens with zero attached hydrogens (tertiary/aromatic N) is 1. The van der Waals surface area contributed by atoms with Gasteiger partial charge in [-0.25, -0.2) is 0 Å². The normalized spacial score (nSPS) is 12.7. The number of hydrogen-bond donors (Lipinski definition) is 0. The summed E-state index contributed by atoms with van der Waals surface area (Å²) in [6.07, 6.45) is 0.345. The molecule has 0 aliphatic heterocycles. The molecule has 0 saturated heterocycles. The lowest BCUT2D eigenvalue weighted by atomic mass is 10.0. The van der Waals surface area contributed by atoms with Crippen molar-refractivity contribution in [2.45, 2.75) is 59.5 Å². The highest BCUT2D eigenvalue weighted by Crippen LogP contribution is 2.28. The van der Waals surface area contributed by atoms with Gasteiger partial charge in [0, 0.05) is 0 Å². The van der Waals surface area contributed by atoms with Gasteiger partial charge in [-0.1, -0.05) is 39.8 Å². The van der Waals surface area contributed by atoms with Crippen LogP contribution in [0.25, 0.3) is 0 Å². The molecule has 0 aromatic heterocycles. The van der Waals surface area contributed by atoms with Crippen molar-refractivity contribution in [3.05, 3.63) is 29.3 Å². The zero-order valence-corrected chi connectivity index (χ0v) is 15.1. The van der Waals surface area contributed by atoms with Crippen LogP contribution in [0, 0.1) is 6.92 Å². The molecule has 0 aliphatic rings. The highest BCUT2D eigenvalue weighted by atomic mass is 16.5. The Morgan fingerprint density at radius 1 is 1.26 bits per heavy atom. The van der Waals surface area contributed by atoms with E-state index in [2.05, 4.69) is 32.6 Å². The Bertz CT molecular complexity index is 495. The fourth-order valence-electron chi connectivity index (χ4n) is 2.64. The molecule has 1 atom stereocenters. The molecule has 0 aliphatic carbocycles. The van der Waals surface area contributed by atoms with Gasteiger partial charge in [0.05, 0.1) is 5.97 Å². The fraction of sp³-hybridized carbons (Fsp3) is 0.632. The van der Waals surface area contributed by atoms with Gasteiger partial charge < -0.3 is 19.5 Å². The number of carboxylic acids is 1. The van der Waals surface area contributed by atoms with E-state index in [0.717, 1.165) is 37.2 Å². The van der Waals surface area contributed by atoms with Gasteiger partial charge in [-0.05, 0) is 62.5 Å². The molecule has 4 heteroatoms. The molecule has 130 valence electrons. The lowest BCUT2D eigenvalue weighted by molar-refractivity contribution is -0.313. The van der Waals surface area contributed by atoms with Crippen molar-refractivity contribution in [2.75, 3.05) is 19.6 Å². The predicted molar refractivity (Wildman–Crippen MR) is 91.7 cm³/mol. The molecule has 1 aromatic carbocycles. The summed E-state index contributed by atoms with van der Waals surface area (Å²) in [7, 11) is 0. The van der Waals surface area contributed by atoms with Gasteiger partial charge in [0.1, 0.15) is 11.9 Å². The quantitative estimate of drug-likeness (QED) is 0.665. The third-order valence-electron chi connectivity index (χ3n) is 4.16. The summed E-state index contributed by atoms with van der Waals surface area (Å²) < 4.78 is 5.82. The van der Waals surface area contributed by atoms with E-state index in [1.807, 2.05) is 25.1 Å². The number of carbonyl (C=O) groups is 1. The van der Waals surface area contributed by atoms with Crippen molar-refractivity contribution < 1.29 is 14.6 Å². The van der Waals surface area contributed by atoms with Crippen molar-refractivity contribution in [1.29, 1.82) is 0 Å². The Hall–Kier alpha value is -1.55. The minimum atomic E-state index is -1.14. The molecule has 1 aromatic rings. The molecule has 0 fully saturated rings. The molecule has 23 heavy (non-hydrogen) atoms. The second-order valence-corrected chi connectivity index (χ2v) is 6.29. The number of carbonyl (C=O) groups excluding carboxylic acids is 1. The Morgan fingerprint density at radius 3 is 2.43 bits per heavy atom. The first-order valence-corrected chi connectivity index (χ1v) is 8.59. The van der Waals surface area contributed by atoms with Crippen LogP contribution in [0.15, 0.2) is 18.2 Å². The fourth-order valence-corrected chi connectivity index (χ4v) is 2.64. The summed E-state index contributed by atoms with van der Waals surface area (Å²) >= 11 is 0. The van der Waals surface area contributed by atoms with Gasteiger partial charge in [-0.15, -0.1) is 0 Å². The van der Waals surface area contributed by atoms with Crippen molar-refractivity contribution in [1.82, 2.24) is 4.90 Å². The van der Waals surface area contributed by atoms with Gasteiger partial charge in [0.2, 0.25) is 0 Å². The van der Waals surface area contributed by atoms with E-state index in [1.165, 1.54) is 0 Å². The van der Waals surface area contributed by atoms with Crippen LogP contribution in [0.1, 0.15) is 57.6 Å². The molecule has 1 rings (SSSR count). The van der Waals surface area contributed by atoms with E-state index in [9.17, 15) is 9.90 Å². The lowest BCUT2D eigenvalue weighted by Crippen LogP contribution is -2.40. The Kier molecular flexibility index (Phi) is 8.10. The zero-order chi connectivity index (χ0) is 17.4. The first-order valence-electron chi connectivity index (χ1n) is 8.59. The standard InChI is InChI=1S/C19H31NO3/c1-6-20(7-2)12-8-9-17(19(21)22)23-18-13-15(5)10-11-16(18)14(3)4/h10-11,13-14,17H,6-9,12H2,1-5H3,(H,21,22)/p-1. The number of aliphatic carboxylic acids is 1. The summed E-state index contributed by atoms with van der Waals surface area (Å²) in [5.74, 6) is -0.193. The Balaban J connectivity index is 2.76. The molecule has 0 radical (unpaired) electrons. The molecule has 1 unspecified atom stereocenters. The Labute approximate surface area is 140 Å². The van der Waals surface area contributed by atoms with Crippen molar-refractivity contribution >= 4 is 5.97 Å². The van der Waals surface area contributed by atoms with Gasteiger partial charge >= 0.3 is 0 Å². The van der Waals surface area contributed by atoms with Gasteiger partial charge in [0.15, 0.2) is 0 Å². The third kappa shape index (κ3) is 6.22. The van der Waals surface area contributed by atoms with E-state index in [0.29, 0.717) is 12.2 Å². The SMILES string of the molecule is CCN(CC)CCCC(Oc1cc(C)ccc1C(C)C)C(=O)[O-]. The maximum Gasteiger partial charge on any atom is 0.138 e. The molecule has 0 bridgehead atoms. The average molecular weight is 320 g/mol. The summed E-state index contributed by atoms with van der Waals surface area (Å²) in [5.41, 5.74) is 2.09. The summed E-state index contributed by atoms with van der Waals surface area (Å²) in [5, 5.41) is 11.4. The smallest absolute Gasteiger partial charge is 0.138 e. The zero-order valence-electron chi connectivity index (χ0n) is 15.1. The monoisotopic (exact) mass is 320 g/mol. The minimum absolute atomic E-state index is 0.281. The van der Waals surface area contributed by atoms with Crippen LogP contribution in [-0.4, -0.2) is 36.6 Å². The van der Waals surface area contributed by atoms with Crippen LogP contribution in [0.4, 0.5) is 0 Å². The largest absolute Gasteiger partial charge is 0.546 e. The number of hydrogen-bond acceptors (Lipinski definition) is 4. The topological polar surface area (TPSA) is 52.6 Å². The molecule has 0 heterocycles. The molecule has 0 N–H and O–H groups in total. The van der Waals surface area contributed by atoms with E-state index < -0.39 is 12.1 Å². The van der Waals surface area contributed by atoms with Crippen LogP contribution >= 0.6 is 0 Å². The number of carboxylic acid groups (broad SMARTS) is 1. The average Bonchev–Trinajstić information content (AvgIpc) is 2.50. The number of rotatable bonds is 10. The third-order valence-corrected chi connectivity index (χ3v) is 4.16. The molecular formula is C19H30NO3-. The van der Waals surface area contributed by atoms with Crippen LogP contribution in [0.2, 0.25) is 0 Å². The summed E-state index contributed by atoms with van der Waals surface area (Å²) in [4.78, 5) is 13.7. The van der Waals surface area contributed by atoms with Crippen molar-refractivity contribution in [3.8, 4) is 5.75 Å². The van der Waals surface area contributed by atoms with Gasteiger partial charge in [0.25, 0.3) is 0 Å². The molecular weight excluding hydrogens is 290 g/mol. The maximum absolute atomic E-state index is 11.4. The molecule has 0 amide bonds. The van der Waals surface area contributed by atoms with Crippen LogP contribution in [0.3, 0.4) is 0 Å². The molecule has 0 spiro atoms. The van der Waals surface area contributed by atoms with Crippen LogP contribution in [0.5, 0.6) is 5.75 Å². The summed E-state index contributed by atoms with van der Waals surface area (Å²) in [6.45, 7) is 13.2. The highest BCUT2D eigenvalue weighted by molar-refractivity contribution is 5.70. The van der Waals surface area contributed by atoms with Crippen molar-refractivity contribution in [3.63, 3.8) is 0 Å². The number of ether oxygens (including phenoxy) is 1. The van der Waals surface area contributed by atoms with Gasteiger partial charge in [-0.2, -0.15) is 0 Å². The van der Waals surface area contributed by atoms with Crippen molar-refractivity contribution in [2.24, 2.45) is 0 Å².